The van der Waals surface area contributed by atoms with Crippen LogP contribution in [0.1, 0.15) is 60.3 Å². The van der Waals surface area contributed by atoms with Crippen LogP contribution in [0.4, 0.5) is 5.13 Å². The summed E-state index contributed by atoms with van der Waals surface area (Å²) in [5.41, 5.74) is 0.451. The van der Waals surface area contributed by atoms with Crippen molar-refractivity contribution in [3.8, 4) is 0 Å². The molecule has 0 bridgehead atoms. The molecule has 0 atom stereocenters. The van der Waals surface area contributed by atoms with Crippen molar-refractivity contribution in [2.45, 2.75) is 51.4 Å². The number of benzene rings is 1. The molecule has 0 radical (unpaired) electrons. The zero-order chi connectivity index (χ0) is 19.8. The first-order valence-corrected chi connectivity index (χ1v) is 11.0. The number of rotatable bonds is 8. The second-order valence-electron chi connectivity index (χ2n) is 7.08. The molecule has 0 spiro atoms. The number of nitrogens with one attached hydrogen (secondary N) is 2. The van der Waals surface area contributed by atoms with Crippen LogP contribution in [0.3, 0.4) is 0 Å². The van der Waals surface area contributed by atoms with E-state index in [0.717, 1.165) is 11.4 Å². The Kier molecular flexibility index (Phi) is 7.80. The standard InChI is InChI=1S/C20H25ClN4O2S/c21-16-9-5-4-8-15(16)19(27)22-13-12-18-24-25-20(28-18)23-17(26)11-10-14-6-2-1-3-7-14/h4-5,8-9,14H,1-3,6-7,10-13H2,(H,22,27)(H,23,25,26). The molecule has 0 aliphatic heterocycles. The number of aromatic nitrogens is 2. The molecule has 150 valence electrons. The molecule has 1 aliphatic rings. The van der Waals surface area contributed by atoms with Crippen LogP contribution >= 0.6 is 22.9 Å². The summed E-state index contributed by atoms with van der Waals surface area (Å²) in [5.74, 6) is 0.470. The minimum Gasteiger partial charge on any atom is -0.352 e. The third-order valence-corrected chi connectivity index (χ3v) is 6.19. The number of hydrogen-bond acceptors (Lipinski definition) is 5. The SMILES string of the molecule is O=C(CCC1CCCCC1)Nc1nnc(CCNC(=O)c2ccccc2Cl)s1. The summed E-state index contributed by atoms with van der Waals surface area (Å²) >= 11 is 7.36. The van der Waals surface area contributed by atoms with Crippen LogP contribution in [0.2, 0.25) is 5.02 Å². The average molecular weight is 421 g/mol. The lowest BCUT2D eigenvalue weighted by Crippen LogP contribution is -2.25. The van der Waals surface area contributed by atoms with Gasteiger partial charge in [0.25, 0.3) is 5.91 Å². The number of nitrogens with zero attached hydrogens (tertiary/aromatic N) is 2. The van der Waals surface area contributed by atoms with Crippen molar-refractivity contribution in [3.05, 3.63) is 39.9 Å². The molecule has 1 aromatic carbocycles. The van der Waals surface area contributed by atoms with E-state index in [1.807, 2.05) is 0 Å². The van der Waals surface area contributed by atoms with Gasteiger partial charge in [-0.15, -0.1) is 10.2 Å². The third kappa shape index (κ3) is 6.27. The largest absolute Gasteiger partial charge is 0.352 e. The van der Waals surface area contributed by atoms with E-state index >= 15 is 0 Å². The maximum absolute atomic E-state index is 12.1. The maximum Gasteiger partial charge on any atom is 0.252 e. The fourth-order valence-corrected chi connectivity index (χ4v) is 4.40. The van der Waals surface area contributed by atoms with E-state index in [2.05, 4.69) is 20.8 Å². The number of halogens is 1. The van der Waals surface area contributed by atoms with E-state index in [4.69, 9.17) is 11.6 Å². The second kappa shape index (κ2) is 10.5. The molecule has 28 heavy (non-hydrogen) atoms. The van der Waals surface area contributed by atoms with Gasteiger partial charge in [0.15, 0.2) is 0 Å². The van der Waals surface area contributed by atoms with Gasteiger partial charge in [-0.1, -0.05) is 67.2 Å². The minimum atomic E-state index is -0.216. The molecule has 6 nitrogen and oxygen atoms in total. The molecule has 1 aromatic heterocycles. The summed E-state index contributed by atoms with van der Waals surface area (Å²) in [5, 5.41) is 15.5. The number of anilines is 1. The van der Waals surface area contributed by atoms with E-state index in [0.29, 0.717) is 41.0 Å². The van der Waals surface area contributed by atoms with Gasteiger partial charge in [-0.25, -0.2) is 0 Å². The van der Waals surface area contributed by atoms with Crippen LogP contribution in [0.15, 0.2) is 24.3 Å². The van der Waals surface area contributed by atoms with E-state index in [1.54, 1.807) is 24.3 Å². The summed E-state index contributed by atoms with van der Waals surface area (Å²) in [6.45, 7) is 0.425. The van der Waals surface area contributed by atoms with Crippen molar-refractivity contribution in [2.24, 2.45) is 5.92 Å². The first-order valence-electron chi connectivity index (χ1n) is 9.77. The van der Waals surface area contributed by atoms with Crippen LogP contribution in [0.5, 0.6) is 0 Å². The number of hydrogen-bond donors (Lipinski definition) is 2. The van der Waals surface area contributed by atoms with Crippen LogP contribution in [-0.2, 0) is 11.2 Å². The lowest BCUT2D eigenvalue weighted by molar-refractivity contribution is -0.116. The lowest BCUT2D eigenvalue weighted by atomic mass is 9.86. The van der Waals surface area contributed by atoms with Crippen LogP contribution in [0, 0.1) is 5.92 Å². The van der Waals surface area contributed by atoms with Crippen molar-refractivity contribution < 1.29 is 9.59 Å². The lowest BCUT2D eigenvalue weighted by Gasteiger charge is -2.20. The van der Waals surface area contributed by atoms with Crippen molar-refractivity contribution in [1.29, 1.82) is 0 Å². The smallest absolute Gasteiger partial charge is 0.252 e. The van der Waals surface area contributed by atoms with Gasteiger partial charge in [0, 0.05) is 19.4 Å². The van der Waals surface area contributed by atoms with Gasteiger partial charge < -0.3 is 10.6 Å². The highest BCUT2D eigenvalue weighted by Crippen LogP contribution is 2.27. The van der Waals surface area contributed by atoms with Gasteiger partial charge in [-0.2, -0.15) is 0 Å². The fourth-order valence-electron chi connectivity index (χ4n) is 3.42. The normalized spacial score (nSPS) is 14.6. The Balaban J connectivity index is 1.38. The average Bonchev–Trinajstić information content (AvgIpc) is 3.14. The number of carbonyl (C=O) groups is 2. The number of carbonyl (C=O) groups excluding carboxylic acids is 2. The van der Waals surface area contributed by atoms with Crippen molar-refractivity contribution >= 4 is 39.9 Å². The molecule has 2 N–H and O–H groups in total. The molecule has 1 saturated carbocycles. The summed E-state index contributed by atoms with van der Waals surface area (Å²) in [4.78, 5) is 24.2. The first kappa shape index (κ1) is 20.7. The molecule has 2 amide bonds. The van der Waals surface area contributed by atoms with Crippen LogP contribution < -0.4 is 10.6 Å². The van der Waals surface area contributed by atoms with E-state index < -0.39 is 0 Å². The summed E-state index contributed by atoms with van der Waals surface area (Å²) in [7, 11) is 0. The quantitative estimate of drug-likeness (QED) is 0.660. The Bertz CT molecular complexity index is 805. The highest BCUT2D eigenvalue weighted by atomic mass is 35.5. The van der Waals surface area contributed by atoms with Crippen LogP contribution in [0.25, 0.3) is 0 Å². The molecule has 8 heteroatoms. The van der Waals surface area contributed by atoms with Gasteiger partial charge in [0.1, 0.15) is 5.01 Å². The Morgan fingerprint density at radius 3 is 2.71 bits per heavy atom. The van der Waals surface area contributed by atoms with E-state index in [-0.39, 0.29) is 11.8 Å². The maximum atomic E-state index is 12.1. The van der Waals surface area contributed by atoms with Gasteiger partial charge in [-0.3, -0.25) is 9.59 Å². The molecular weight excluding hydrogens is 396 g/mol. The van der Waals surface area contributed by atoms with Crippen molar-refractivity contribution in [2.75, 3.05) is 11.9 Å². The van der Waals surface area contributed by atoms with Crippen molar-refractivity contribution in [1.82, 2.24) is 15.5 Å². The zero-order valence-corrected chi connectivity index (χ0v) is 17.3. The molecule has 2 aromatic rings. The van der Waals surface area contributed by atoms with Gasteiger partial charge in [0.05, 0.1) is 10.6 Å². The third-order valence-electron chi connectivity index (χ3n) is 4.96. The number of amides is 2. The monoisotopic (exact) mass is 420 g/mol. The zero-order valence-electron chi connectivity index (χ0n) is 15.7. The minimum absolute atomic E-state index is 0.000274. The Labute approximate surface area is 174 Å². The predicted molar refractivity (Wildman–Crippen MR) is 112 cm³/mol. The Morgan fingerprint density at radius 1 is 1.14 bits per heavy atom. The van der Waals surface area contributed by atoms with E-state index in [9.17, 15) is 9.59 Å². The molecular formula is C20H25ClN4O2S. The summed E-state index contributed by atoms with van der Waals surface area (Å²) < 4.78 is 0. The summed E-state index contributed by atoms with van der Waals surface area (Å²) in [6, 6.07) is 6.92. The van der Waals surface area contributed by atoms with Gasteiger partial charge >= 0.3 is 0 Å². The van der Waals surface area contributed by atoms with E-state index in [1.165, 1.54) is 43.4 Å². The molecule has 0 saturated heterocycles. The molecule has 1 fully saturated rings. The summed E-state index contributed by atoms with van der Waals surface area (Å²) in [6.07, 6.45) is 8.43. The fraction of sp³-hybridized carbons (Fsp3) is 0.500. The predicted octanol–water partition coefficient (Wildman–Crippen LogP) is 4.46. The van der Waals surface area contributed by atoms with Crippen LogP contribution in [-0.4, -0.2) is 28.6 Å². The van der Waals surface area contributed by atoms with Gasteiger partial charge in [-0.05, 0) is 24.5 Å². The molecule has 1 heterocycles. The molecule has 0 unspecified atom stereocenters. The highest BCUT2D eigenvalue weighted by molar-refractivity contribution is 7.15. The topological polar surface area (TPSA) is 84.0 Å². The Hall–Kier alpha value is -1.99. The Morgan fingerprint density at radius 2 is 1.93 bits per heavy atom. The van der Waals surface area contributed by atoms with Crippen molar-refractivity contribution in [3.63, 3.8) is 0 Å². The first-order chi connectivity index (χ1) is 13.6. The molecule has 3 rings (SSSR count). The van der Waals surface area contributed by atoms with Gasteiger partial charge in [0.2, 0.25) is 11.0 Å². The molecule has 1 aliphatic carbocycles. The second-order valence-corrected chi connectivity index (χ2v) is 8.55. The highest BCUT2D eigenvalue weighted by Gasteiger charge is 2.16.